The minimum absolute atomic E-state index is 0.0329. The molecule has 2 aliphatic heterocycles. The number of aliphatic hydroxyl groups excluding tert-OH is 1. The van der Waals surface area contributed by atoms with Gasteiger partial charge in [-0.1, -0.05) is 18.2 Å². The monoisotopic (exact) mass is 1120 g/mol. The maximum Gasteiger partial charge on any atom is 0.303 e. The molecule has 2 aliphatic rings. The molecular formula is C50H72N9O18P. The highest BCUT2D eigenvalue weighted by Crippen LogP contribution is 2.50. The van der Waals surface area contributed by atoms with Crippen LogP contribution in [0.3, 0.4) is 0 Å². The molecule has 4 heterocycles. The van der Waals surface area contributed by atoms with Crippen molar-refractivity contribution >= 4 is 61.1 Å². The van der Waals surface area contributed by atoms with E-state index >= 15 is 0 Å². The zero-order chi connectivity index (χ0) is 56.7. The van der Waals surface area contributed by atoms with Crippen molar-refractivity contribution in [2.75, 3.05) is 64.9 Å². The average molecular weight is 1120 g/mol. The molecule has 6 unspecified atom stereocenters. The number of unbranched alkanes of at least 4 members (excludes halogenated alkanes) is 1. The second-order valence-electron chi connectivity index (χ2n) is 18.4. The molecule has 27 nitrogen and oxygen atoms in total. The van der Waals surface area contributed by atoms with Gasteiger partial charge in [-0.05, 0) is 52.7 Å². The molecule has 2 fully saturated rings. The van der Waals surface area contributed by atoms with Gasteiger partial charge in [0.15, 0.2) is 41.7 Å². The van der Waals surface area contributed by atoms with E-state index < -0.39 is 100 Å². The molecule has 0 spiro atoms. The third-order valence-corrected chi connectivity index (χ3v) is 13.8. The Bertz CT molecular complexity index is 2440. The lowest BCUT2D eigenvalue weighted by molar-refractivity contribution is -0.277. The summed E-state index contributed by atoms with van der Waals surface area (Å²) in [7, 11) is -1.83. The number of hydrogen-bond acceptors (Lipinski definition) is 23. The Kier molecular flexibility index (Phi) is 26.0. The topological polar surface area (TPSA) is 331 Å². The Labute approximate surface area is 453 Å². The Morgan fingerprint density at radius 2 is 1.54 bits per heavy atom. The summed E-state index contributed by atoms with van der Waals surface area (Å²) < 4.78 is 68.9. The lowest BCUT2D eigenvalue weighted by Gasteiger charge is -2.44. The van der Waals surface area contributed by atoms with Gasteiger partial charge in [0.25, 0.3) is 14.4 Å². The van der Waals surface area contributed by atoms with E-state index in [0.717, 1.165) is 13.8 Å². The van der Waals surface area contributed by atoms with Crippen molar-refractivity contribution in [2.24, 2.45) is 0 Å². The Balaban J connectivity index is 1.13. The second-order valence-corrected chi connectivity index (χ2v) is 19.8. The highest BCUT2D eigenvalue weighted by molar-refractivity contribution is 7.44. The van der Waals surface area contributed by atoms with Crippen LogP contribution in [0.15, 0.2) is 43.0 Å². The van der Waals surface area contributed by atoms with Crippen molar-refractivity contribution in [3.8, 4) is 6.07 Å². The molecular weight excluding hydrogens is 1050 g/mol. The van der Waals surface area contributed by atoms with Crippen molar-refractivity contribution < 1.29 is 85.6 Å². The minimum Gasteiger partial charge on any atom is -0.463 e. The first kappa shape index (κ1) is 62.9. The van der Waals surface area contributed by atoms with Crippen molar-refractivity contribution in [1.29, 1.82) is 5.26 Å². The lowest BCUT2D eigenvalue weighted by Crippen LogP contribution is -2.66. The van der Waals surface area contributed by atoms with Crippen molar-refractivity contribution in [1.82, 2.24) is 34.8 Å². The van der Waals surface area contributed by atoms with E-state index in [2.05, 4.69) is 37.0 Å². The smallest absolute Gasteiger partial charge is 0.303 e. The van der Waals surface area contributed by atoms with Gasteiger partial charge in [-0.2, -0.15) is 5.26 Å². The quantitative estimate of drug-likeness (QED) is 0.0229. The van der Waals surface area contributed by atoms with Crippen LogP contribution in [0.1, 0.15) is 97.7 Å². The van der Waals surface area contributed by atoms with Gasteiger partial charge in [0.2, 0.25) is 11.8 Å². The molecule has 2 saturated heterocycles. The zero-order valence-corrected chi connectivity index (χ0v) is 46.0. The van der Waals surface area contributed by atoms with E-state index in [9.17, 15) is 39.1 Å². The first-order valence-corrected chi connectivity index (χ1v) is 26.7. The van der Waals surface area contributed by atoms with Gasteiger partial charge in [0, 0.05) is 64.9 Å². The molecule has 0 bridgehead atoms. The average Bonchev–Trinajstić information content (AvgIpc) is 4.19. The second kappa shape index (κ2) is 32.2. The van der Waals surface area contributed by atoms with Gasteiger partial charge in [-0.3, -0.25) is 33.3 Å². The van der Waals surface area contributed by atoms with Crippen LogP contribution in [-0.4, -0.2) is 186 Å². The molecule has 5 rings (SSSR count). The van der Waals surface area contributed by atoms with Crippen LogP contribution < -0.4 is 16.0 Å². The molecule has 0 aliphatic carbocycles. The number of benzene rings is 1. The number of carbonyl (C=O) groups excluding carboxylic acids is 6. The molecule has 0 radical (unpaired) electrons. The van der Waals surface area contributed by atoms with Crippen LogP contribution in [0.4, 0.5) is 5.82 Å². The molecule has 10 atom stereocenters. The number of nitrogens with one attached hydrogen (secondary N) is 3. The molecule has 4 N–H and O–H groups in total. The Morgan fingerprint density at radius 1 is 0.821 bits per heavy atom. The number of aromatic nitrogens is 4. The van der Waals surface area contributed by atoms with Crippen LogP contribution in [0.25, 0.3) is 11.2 Å². The molecule has 430 valence electrons. The number of rotatable bonds is 32. The number of nitrogens with zero attached hydrogens (tertiary/aromatic N) is 6. The highest BCUT2D eigenvalue weighted by Gasteiger charge is 2.52. The number of hydrogen-bond donors (Lipinski definition) is 4. The van der Waals surface area contributed by atoms with Gasteiger partial charge < -0.3 is 72.7 Å². The first-order valence-electron chi connectivity index (χ1n) is 25.5. The SMILES string of the molecule is CC(=O)NC1C(OCCCCC(=O)NCCOCCOCO[C@@H]2[C@H](OP(OCCC#N)N(C(C)C)C(C)C)[C@@H](CO)O[C@H]2n2cnc3c(NC(=O)c4ccccc4)ncnc32)OC(COC(C)=O)C(OC(C)=O)C1OC(C)=O. The maximum absolute atomic E-state index is 13.1. The van der Waals surface area contributed by atoms with Gasteiger partial charge in [-0.15, -0.1) is 0 Å². The number of nitriles is 1. The number of fused-ring (bicyclic) bond motifs is 1. The van der Waals surface area contributed by atoms with Gasteiger partial charge in [0.1, 0.15) is 50.2 Å². The van der Waals surface area contributed by atoms with Crippen molar-refractivity contribution in [3.05, 3.63) is 48.5 Å². The number of imidazole rings is 1. The number of carbonyl (C=O) groups is 6. The number of amides is 3. The fourth-order valence-corrected chi connectivity index (χ4v) is 10.2. The van der Waals surface area contributed by atoms with E-state index in [1.807, 2.05) is 32.4 Å². The van der Waals surface area contributed by atoms with E-state index in [-0.39, 0.29) is 95.1 Å². The number of aliphatic hydroxyl groups is 1. The van der Waals surface area contributed by atoms with Crippen molar-refractivity contribution in [3.63, 3.8) is 0 Å². The number of anilines is 1. The van der Waals surface area contributed by atoms with Crippen LogP contribution in [-0.2, 0) is 75.7 Å². The molecule has 0 saturated carbocycles. The summed E-state index contributed by atoms with van der Waals surface area (Å²) in [5.41, 5.74) is 0.981. The minimum atomic E-state index is -1.83. The molecule has 2 aromatic heterocycles. The molecule has 28 heteroatoms. The predicted octanol–water partition coefficient (Wildman–Crippen LogP) is 2.96. The normalized spacial score (nSPS) is 22.5. The van der Waals surface area contributed by atoms with Gasteiger partial charge >= 0.3 is 17.9 Å². The maximum atomic E-state index is 13.1. The van der Waals surface area contributed by atoms with E-state index in [4.69, 9.17) is 51.7 Å². The lowest BCUT2D eigenvalue weighted by atomic mass is 9.96. The predicted molar refractivity (Wildman–Crippen MR) is 274 cm³/mol. The number of ether oxygens (including phenoxy) is 9. The summed E-state index contributed by atoms with van der Waals surface area (Å²) in [5, 5.41) is 28.3. The van der Waals surface area contributed by atoms with Crippen LogP contribution in [0.2, 0.25) is 0 Å². The van der Waals surface area contributed by atoms with E-state index in [1.165, 1.54) is 26.5 Å². The van der Waals surface area contributed by atoms with Gasteiger partial charge in [0.05, 0.1) is 51.9 Å². The summed E-state index contributed by atoms with van der Waals surface area (Å²) >= 11 is 0. The van der Waals surface area contributed by atoms with Crippen LogP contribution >= 0.6 is 8.53 Å². The summed E-state index contributed by atoms with van der Waals surface area (Å²) in [6.07, 6.45) is -4.85. The molecule has 3 aromatic rings. The molecule has 1 aromatic carbocycles. The van der Waals surface area contributed by atoms with E-state index in [1.54, 1.807) is 34.9 Å². The van der Waals surface area contributed by atoms with Crippen molar-refractivity contribution in [2.45, 2.75) is 148 Å². The van der Waals surface area contributed by atoms with Gasteiger partial charge in [-0.25, -0.2) is 19.6 Å². The summed E-state index contributed by atoms with van der Waals surface area (Å²) in [6.45, 7) is 12.4. The summed E-state index contributed by atoms with van der Waals surface area (Å²) in [4.78, 5) is 87.1. The fraction of sp³-hybridized carbons (Fsp3) is 0.640. The molecule has 3 amide bonds. The Hall–Kier alpha value is -5.89. The third kappa shape index (κ3) is 18.9. The third-order valence-electron chi connectivity index (χ3n) is 11.7. The largest absolute Gasteiger partial charge is 0.463 e. The summed E-state index contributed by atoms with van der Waals surface area (Å²) in [6, 6.07) is 9.55. The van der Waals surface area contributed by atoms with Crippen LogP contribution in [0, 0.1) is 11.3 Å². The fourth-order valence-electron chi connectivity index (χ4n) is 8.46. The van der Waals surface area contributed by atoms with Crippen LogP contribution in [0.5, 0.6) is 0 Å². The summed E-state index contributed by atoms with van der Waals surface area (Å²) in [5.74, 6) is -3.08. The number of esters is 3. The molecule has 78 heavy (non-hydrogen) atoms. The van der Waals surface area contributed by atoms with E-state index in [0.29, 0.717) is 24.1 Å². The first-order chi connectivity index (χ1) is 37.4. The Morgan fingerprint density at radius 3 is 2.21 bits per heavy atom. The zero-order valence-electron chi connectivity index (χ0n) is 45.1. The standard InChI is InChI=1S/C50H72N9O18P/c1-30(2)59(31(3)4)78(72-21-14-18-51)77-43-37(25-60)75-49(58-28-55-41-46(53-27-54-47(41)58)57-48(66)36-15-10-9-11-16-36)45(43)71-29-68-24-23-67-22-19-52-39(65)17-12-13-20-69-50-40(56-32(5)61)44(74-35(8)64)42(73-34(7)63)38(76-50)26-70-33(6)62/h9-11,15-16,27-28,30-31,37-38,40,42-45,49-50,60H,12-14,17,19-26,29H2,1-8H3,(H,52,65)(H,56,61)(H,53,54,57,66)/t37-,38?,40?,42?,43-,44?,45-,49-,50?,78?/m1/s1. The highest BCUT2D eigenvalue weighted by atomic mass is 31.2.